The Bertz CT molecular complexity index is 1200. The summed E-state index contributed by atoms with van der Waals surface area (Å²) in [5, 5.41) is 0. The molecule has 0 rings (SSSR count). The molecule has 0 bridgehead atoms. The fourth-order valence-electron chi connectivity index (χ4n) is 8.85. The molecule has 0 saturated heterocycles. The lowest BCUT2D eigenvalue weighted by Crippen LogP contribution is -2.30. The van der Waals surface area contributed by atoms with Crippen molar-refractivity contribution in [3.8, 4) is 0 Å². The summed E-state index contributed by atoms with van der Waals surface area (Å²) in [7, 11) is 0. The van der Waals surface area contributed by atoms with Crippen LogP contribution in [0.1, 0.15) is 316 Å². The minimum Gasteiger partial charge on any atom is -0.462 e. The highest BCUT2D eigenvalue weighted by molar-refractivity contribution is 5.71. The maximum absolute atomic E-state index is 12.8. The first-order chi connectivity index (χ1) is 34.0. The molecular formula is C63H114O6. The van der Waals surface area contributed by atoms with E-state index in [-0.39, 0.29) is 37.5 Å². The van der Waals surface area contributed by atoms with Gasteiger partial charge in [0.25, 0.3) is 0 Å². The highest BCUT2D eigenvalue weighted by Crippen LogP contribution is 2.17. The van der Waals surface area contributed by atoms with Gasteiger partial charge < -0.3 is 14.2 Å². The molecule has 0 saturated carbocycles. The third kappa shape index (κ3) is 56.2. The highest BCUT2D eigenvalue weighted by Gasteiger charge is 2.19. The monoisotopic (exact) mass is 967 g/mol. The predicted octanol–water partition coefficient (Wildman–Crippen LogP) is 20.2. The first-order valence-electron chi connectivity index (χ1n) is 30.1. The lowest BCUT2D eigenvalue weighted by molar-refractivity contribution is -0.167. The number of hydrogen-bond acceptors (Lipinski definition) is 6. The molecule has 0 aromatic heterocycles. The summed E-state index contributed by atoms with van der Waals surface area (Å²) in [6.45, 7) is 6.52. The lowest BCUT2D eigenvalue weighted by atomic mass is 10.0. The molecule has 0 aliphatic rings. The maximum Gasteiger partial charge on any atom is 0.306 e. The summed E-state index contributed by atoms with van der Waals surface area (Å²) in [6.07, 6.45) is 71.3. The average molecular weight is 968 g/mol. The fourth-order valence-corrected chi connectivity index (χ4v) is 8.85. The van der Waals surface area contributed by atoms with Crippen molar-refractivity contribution in [2.75, 3.05) is 13.2 Å². The lowest BCUT2D eigenvalue weighted by Gasteiger charge is -2.18. The molecule has 0 radical (unpaired) electrons. The van der Waals surface area contributed by atoms with Crippen molar-refractivity contribution in [1.29, 1.82) is 0 Å². The number of carbonyl (C=O) groups is 3. The topological polar surface area (TPSA) is 78.9 Å². The molecule has 0 aromatic carbocycles. The number of allylic oxidation sites excluding steroid dienone is 8. The SMILES string of the molecule is CC/C=C\C/C=C\C/C=C\C/C=C\CCCCC(=O)OC(COC(=O)CCCCCCCCCCCCC)COC(=O)CCCCCCCCCCCCCCCCCCCCCCCCCCC. The van der Waals surface area contributed by atoms with Crippen molar-refractivity contribution in [3.63, 3.8) is 0 Å². The van der Waals surface area contributed by atoms with Crippen molar-refractivity contribution >= 4 is 17.9 Å². The van der Waals surface area contributed by atoms with E-state index in [9.17, 15) is 14.4 Å². The maximum atomic E-state index is 12.8. The van der Waals surface area contributed by atoms with Crippen molar-refractivity contribution in [2.24, 2.45) is 0 Å². The van der Waals surface area contributed by atoms with Crippen molar-refractivity contribution in [3.05, 3.63) is 48.6 Å². The van der Waals surface area contributed by atoms with E-state index in [1.165, 1.54) is 193 Å². The van der Waals surface area contributed by atoms with Crippen LogP contribution >= 0.6 is 0 Å². The van der Waals surface area contributed by atoms with Gasteiger partial charge in [-0.05, 0) is 57.8 Å². The second kappa shape index (κ2) is 57.9. The molecule has 1 unspecified atom stereocenters. The molecule has 6 heteroatoms. The van der Waals surface area contributed by atoms with Crippen LogP contribution in [0.5, 0.6) is 0 Å². The molecule has 0 aliphatic carbocycles. The van der Waals surface area contributed by atoms with Crippen LogP contribution in [0.15, 0.2) is 48.6 Å². The van der Waals surface area contributed by atoms with E-state index in [4.69, 9.17) is 14.2 Å². The Morgan fingerprint density at radius 2 is 0.565 bits per heavy atom. The number of unbranched alkanes of at least 4 members (excludes halogenated alkanes) is 36. The predicted molar refractivity (Wildman–Crippen MR) is 298 cm³/mol. The molecule has 0 amide bonds. The van der Waals surface area contributed by atoms with Gasteiger partial charge in [-0.2, -0.15) is 0 Å². The summed E-state index contributed by atoms with van der Waals surface area (Å²) in [4.78, 5) is 38.1. The molecule has 0 aromatic rings. The second-order valence-corrected chi connectivity index (χ2v) is 20.2. The van der Waals surface area contributed by atoms with Crippen LogP contribution in [0.2, 0.25) is 0 Å². The van der Waals surface area contributed by atoms with Gasteiger partial charge in [0.15, 0.2) is 6.10 Å². The Balaban J connectivity index is 4.22. The summed E-state index contributed by atoms with van der Waals surface area (Å²) >= 11 is 0. The number of carbonyl (C=O) groups excluding carboxylic acids is 3. The third-order valence-corrected chi connectivity index (χ3v) is 13.3. The van der Waals surface area contributed by atoms with Gasteiger partial charge in [0.1, 0.15) is 13.2 Å². The van der Waals surface area contributed by atoms with Gasteiger partial charge in [-0.25, -0.2) is 0 Å². The summed E-state index contributed by atoms with van der Waals surface area (Å²) in [5.74, 6) is -0.912. The van der Waals surface area contributed by atoms with Gasteiger partial charge in [-0.3, -0.25) is 14.4 Å². The van der Waals surface area contributed by atoms with Crippen molar-refractivity contribution in [1.82, 2.24) is 0 Å². The van der Waals surface area contributed by atoms with Gasteiger partial charge in [0.2, 0.25) is 0 Å². The third-order valence-electron chi connectivity index (χ3n) is 13.3. The van der Waals surface area contributed by atoms with Crippen LogP contribution in [0.4, 0.5) is 0 Å². The molecule has 6 nitrogen and oxygen atoms in total. The van der Waals surface area contributed by atoms with Gasteiger partial charge in [-0.1, -0.05) is 288 Å². The minimum absolute atomic E-state index is 0.0856. The van der Waals surface area contributed by atoms with Crippen LogP contribution in [0.3, 0.4) is 0 Å². The van der Waals surface area contributed by atoms with Gasteiger partial charge in [0.05, 0.1) is 0 Å². The van der Waals surface area contributed by atoms with E-state index in [1.807, 2.05) is 0 Å². The zero-order chi connectivity index (χ0) is 50.0. The van der Waals surface area contributed by atoms with E-state index in [2.05, 4.69) is 69.4 Å². The van der Waals surface area contributed by atoms with Crippen LogP contribution < -0.4 is 0 Å². The smallest absolute Gasteiger partial charge is 0.306 e. The fraction of sp³-hybridized carbons (Fsp3) is 0.825. The second-order valence-electron chi connectivity index (χ2n) is 20.2. The molecule has 1 atom stereocenters. The highest BCUT2D eigenvalue weighted by atomic mass is 16.6. The molecule has 69 heavy (non-hydrogen) atoms. The zero-order valence-electron chi connectivity index (χ0n) is 46.1. The van der Waals surface area contributed by atoms with Crippen LogP contribution in [0.25, 0.3) is 0 Å². The summed E-state index contributed by atoms with van der Waals surface area (Å²) in [5.41, 5.74) is 0. The number of rotatable bonds is 55. The van der Waals surface area contributed by atoms with E-state index in [0.717, 1.165) is 77.0 Å². The minimum atomic E-state index is -0.791. The Morgan fingerprint density at radius 1 is 0.304 bits per heavy atom. The molecule has 0 spiro atoms. The standard InChI is InChI=1S/C63H114O6/c1-4-7-10-13-16-19-22-24-26-27-28-29-30-31-32-33-34-35-37-38-41-44-47-50-53-56-62(65)68-59-60(58-67-61(64)55-52-49-46-43-40-21-18-15-12-9-6-3)69-63(66)57-54-51-48-45-42-39-36-25-23-20-17-14-11-8-5-2/h8,11,17,20,25,36,42,45,60H,4-7,9-10,12-16,18-19,21-24,26-35,37-41,43-44,46-59H2,1-3H3/b11-8-,20-17-,36-25-,45-42-. The van der Waals surface area contributed by atoms with E-state index < -0.39 is 6.10 Å². The molecule has 402 valence electrons. The van der Waals surface area contributed by atoms with Gasteiger partial charge in [0, 0.05) is 19.3 Å². The van der Waals surface area contributed by atoms with E-state index in [0.29, 0.717) is 19.3 Å². The largest absolute Gasteiger partial charge is 0.462 e. The van der Waals surface area contributed by atoms with Gasteiger partial charge >= 0.3 is 17.9 Å². The number of hydrogen-bond donors (Lipinski definition) is 0. The zero-order valence-corrected chi connectivity index (χ0v) is 46.1. The van der Waals surface area contributed by atoms with Crippen LogP contribution in [-0.2, 0) is 28.6 Å². The first-order valence-corrected chi connectivity index (χ1v) is 30.1. The quantitative estimate of drug-likeness (QED) is 0.0262. The molecule has 0 heterocycles. The summed E-state index contributed by atoms with van der Waals surface area (Å²) in [6, 6.07) is 0. The number of esters is 3. The van der Waals surface area contributed by atoms with Crippen LogP contribution in [-0.4, -0.2) is 37.2 Å². The number of ether oxygens (including phenoxy) is 3. The molecule has 0 N–H and O–H groups in total. The van der Waals surface area contributed by atoms with E-state index >= 15 is 0 Å². The summed E-state index contributed by atoms with van der Waals surface area (Å²) < 4.78 is 16.8. The van der Waals surface area contributed by atoms with Gasteiger partial charge in [-0.15, -0.1) is 0 Å². The van der Waals surface area contributed by atoms with E-state index in [1.54, 1.807) is 0 Å². The normalized spacial score (nSPS) is 12.3. The van der Waals surface area contributed by atoms with Crippen molar-refractivity contribution < 1.29 is 28.6 Å². The molecule has 0 aliphatic heterocycles. The average Bonchev–Trinajstić information content (AvgIpc) is 3.35. The van der Waals surface area contributed by atoms with Crippen LogP contribution in [0, 0.1) is 0 Å². The first kappa shape index (κ1) is 66.4. The van der Waals surface area contributed by atoms with Crippen molar-refractivity contribution in [2.45, 2.75) is 322 Å². The Hall–Kier alpha value is -2.63. The molecular weight excluding hydrogens is 853 g/mol. The molecule has 0 fully saturated rings. The Kier molecular flexibility index (Phi) is 55.7. The Morgan fingerprint density at radius 3 is 0.884 bits per heavy atom. The Labute approximate surface area is 428 Å².